The number of nitrogens with two attached hydrogens (primary N) is 1. The van der Waals surface area contributed by atoms with E-state index in [-0.39, 0.29) is 4.90 Å². The summed E-state index contributed by atoms with van der Waals surface area (Å²) in [6.07, 6.45) is 0. The van der Waals surface area contributed by atoms with Crippen LogP contribution in [0.5, 0.6) is 0 Å². The largest absolute Gasteiger partial charge is 0.399 e. The fourth-order valence-electron chi connectivity index (χ4n) is 1.64. The molecule has 1 rings (SSSR count). The van der Waals surface area contributed by atoms with Crippen LogP contribution in [0.4, 0.5) is 11.4 Å². The van der Waals surface area contributed by atoms with Gasteiger partial charge in [0.1, 0.15) is 4.90 Å². The average molecular weight is 287 g/mol. The van der Waals surface area contributed by atoms with Crippen LogP contribution in [0.15, 0.2) is 23.1 Å². The van der Waals surface area contributed by atoms with Crippen LogP contribution in [0.1, 0.15) is 6.92 Å². The molecule has 0 radical (unpaired) electrons. The van der Waals surface area contributed by atoms with E-state index in [1.807, 2.05) is 18.9 Å². The number of rotatable bonds is 7. The third kappa shape index (κ3) is 4.09. The zero-order chi connectivity index (χ0) is 14.5. The topological polar surface area (TPSA) is 84.7 Å². The van der Waals surface area contributed by atoms with E-state index in [4.69, 9.17) is 10.5 Å². The van der Waals surface area contributed by atoms with E-state index >= 15 is 0 Å². The molecule has 0 aliphatic heterocycles. The number of hydrogen-bond donors (Lipinski definition) is 2. The summed E-state index contributed by atoms with van der Waals surface area (Å²) in [7, 11) is -0.343. The van der Waals surface area contributed by atoms with Crippen molar-refractivity contribution in [2.24, 2.45) is 0 Å². The van der Waals surface area contributed by atoms with Gasteiger partial charge >= 0.3 is 0 Å². The molecular formula is C12H21N3O3S. The molecule has 108 valence electrons. The van der Waals surface area contributed by atoms with E-state index in [1.54, 1.807) is 12.1 Å². The molecule has 19 heavy (non-hydrogen) atoms. The van der Waals surface area contributed by atoms with Crippen molar-refractivity contribution < 1.29 is 13.2 Å². The second-order valence-electron chi connectivity index (χ2n) is 4.05. The average Bonchev–Trinajstić information content (AvgIpc) is 2.38. The van der Waals surface area contributed by atoms with Gasteiger partial charge in [0.25, 0.3) is 0 Å². The van der Waals surface area contributed by atoms with Crippen LogP contribution >= 0.6 is 0 Å². The predicted molar refractivity (Wildman–Crippen MR) is 76.9 cm³/mol. The minimum atomic E-state index is -3.54. The number of sulfonamides is 1. The molecular weight excluding hydrogens is 266 g/mol. The minimum Gasteiger partial charge on any atom is -0.399 e. The Kier molecular flexibility index (Phi) is 5.59. The monoisotopic (exact) mass is 287 g/mol. The first-order valence-electron chi connectivity index (χ1n) is 6.04. The highest BCUT2D eigenvalue weighted by molar-refractivity contribution is 7.89. The molecule has 0 aromatic heterocycles. The van der Waals surface area contributed by atoms with E-state index in [9.17, 15) is 8.42 Å². The van der Waals surface area contributed by atoms with Crippen molar-refractivity contribution in [1.82, 2.24) is 4.72 Å². The van der Waals surface area contributed by atoms with Gasteiger partial charge in [-0.05, 0) is 32.2 Å². The van der Waals surface area contributed by atoms with Gasteiger partial charge in [-0.15, -0.1) is 0 Å². The maximum atomic E-state index is 12.0. The van der Waals surface area contributed by atoms with Gasteiger partial charge in [-0.2, -0.15) is 0 Å². The highest BCUT2D eigenvalue weighted by Crippen LogP contribution is 2.26. The van der Waals surface area contributed by atoms with Gasteiger partial charge in [0.15, 0.2) is 0 Å². The summed E-state index contributed by atoms with van der Waals surface area (Å²) in [6, 6.07) is 4.84. The Morgan fingerprint density at radius 1 is 1.42 bits per heavy atom. The Morgan fingerprint density at radius 3 is 2.68 bits per heavy atom. The van der Waals surface area contributed by atoms with Crippen molar-refractivity contribution in [1.29, 1.82) is 0 Å². The van der Waals surface area contributed by atoms with Gasteiger partial charge in [0, 0.05) is 25.9 Å². The molecule has 0 aliphatic rings. The van der Waals surface area contributed by atoms with E-state index in [2.05, 4.69) is 4.72 Å². The summed E-state index contributed by atoms with van der Waals surface area (Å²) in [4.78, 5) is 2.01. The third-order valence-electron chi connectivity index (χ3n) is 2.73. The Morgan fingerprint density at radius 2 is 2.11 bits per heavy atom. The lowest BCUT2D eigenvalue weighted by Crippen LogP contribution is -2.27. The number of likely N-dealkylation sites (N-methyl/N-ethyl adjacent to an activating group) is 1. The number of benzene rings is 1. The van der Waals surface area contributed by atoms with Crippen molar-refractivity contribution in [3.05, 3.63) is 18.2 Å². The standard InChI is InChI=1S/C12H21N3O3S/c1-4-18-8-7-15(3)11-6-5-10(13)9-12(11)19(16,17)14-2/h5-6,9,14H,4,7-8,13H2,1-3H3. The number of nitrogens with zero attached hydrogens (tertiary/aromatic N) is 1. The Labute approximate surface area is 114 Å². The summed E-state index contributed by atoms with van der Waals surface area (Å²) in [5.41, 5.74) is 6.68. The first-order valence-corrected chi connectivity index (χ1v) is 7.52. The fourth-order valence-corrected chi connectivity index (χ4v) is 2.65. The highest BCUT2D eigenvalue weighted by atomic mass is 32.2. The van der Waals surface area contributed by atoms with E-state index < -0.39 is 10.0 Å². The van der Waals surface area contributed by atoms with Crippen molar-refractivity contribution >= 4 is 21.4 Å². The summed E-state index contributed by atoms with van der Waals surface area (Å²) >= 11 is 0. The van der Waals surface area contributed by atoms with E-state index in [0.29, 0.717) is 31.1 Å². The van der Waals surface area contributed by atoms with Crippen molar-refractivity contribution in [2.45, 2.75) is 11.8 Å². The van der Waals surface area contributed by atoms with Crippen LogP contribution in [0.3, 0.4) is 0 Å². The summed E-state index contributed by atoms with van der Waals surface area (Å²) < 4.78 is 31.5. The van der Waals surface area contributed by atoms with Gasteiger partial charge in [0.05, 0.1) is 12.3 Å². The molecule has 1 aromatic carbocycles. The van der Waals surface area contributed by atoms with Crippen molar-refractivity contribution in [2.75, 3.05) is 44.5 Å². The summed E-state index contributed by atoms with van der Waals surface area (Å²) in [5, 5.41) is 0. The maximum absolute atomic E-state index is 12.0. The van der Waals surface area contributed by atoms with Crippen LogP contribution in [-0.2, 0) is 14.8 Å². The lowest BCUT2D eigenvalue weighted by atomic mass is 10.2. The van der Waals surface area contributed by atoms with Crippen molar-refractivity contribution in [3.63, 3.8) is 0 Å². The smallest absolute Gasteiger partial charge is 0.242 e. The number of ether oxygens (including phenoxy) is 1. The van der Waals surface area contributed by atoms with Gasteiger partial charge < -0.3 is 15.4 Å². The molecule has 0 spiro atoms. The molecule has 0 amide bonds. The van der Waals surface area contributed by atoms with Crippen LogP contribution in [-0.4, -0.2) is 42.3 Å². The van der Waals surface area contributed by atoms with Crippen LogP contribution in [0.2, 0.25) is 0 Å². The first-order chi connectivity index (χ1) is 8.92. The lowest BCUT2D eigenvalue weighted by molar-refractivity contribution is 0.154. The molecule has 3 N–H and O–H groups in total. The van der Waals surface area contributed by atoms with Gasteiger partial charge in [-0.25, -0.2) is 13.1 Å². The van der Waals surface area contributed by atoms with E-state index in [1.165, 1.54) is 13.1 Å². The van der Waals surface area contributed by atoms with Crippen LogP contribution in [0.25, 0.3) is 0 Å². The number of hydrogen-bond acceptors (Lipinski definition) is 5. The quantitative estimate of drug-likeness (QED) is 0.568. The number of nitrogen functional groups attached to an aromatic ring is 1. The molecule has 1 aromatic rings. The summed E-state index contributed by atoms with van der Waals surface area (Å²) in [6.45, 7) is 3.69. The van der Waals surface area contributed by atoms with Gasteiger partial charge in [-0.1, -0.05) is 0 Å². The Bertz CT molecular complexity index is 517. The molecule has 0 unspecified atom stereocenters. The summed E-state index contributed by atoms with van der Waals surface area (Å²) in [5.74, 6) is 0. The highest BCUT2D eigenvalue weighted by Gasteiger charge is 2.19. The molecule has 0 atom stereocenters. The predicted octanol–water partition coefficient (Wildman–Crippen LogP) is 0.650. The molecule has 6 nitrogen and oxygen atoms in total. The zero-order valence-electron chi connectivity index (χ0n) is 11.5. The maximum Gasteiger partial charge on any atom is 0.242 e. The molecule has 7 heteroatoms. The molecule has 0 saturated carbocycles. The Balaban J connectivity index is 3.07. The minimum absolute atomic E-state index is 0.175. The number of nitrogens with one attached hydrogen (secondary N) is 1. The zero-order valence-corrected chi connectivity index (χ0v) is 12.3. The van der Waals surface area contributed by atoms with Crippen molar-refractivity contribution in [3.8, 4) is 0 Å². The second kappa shape index (κ2) is 6.74. The normalized spacial score (nSPS) is 11.5. The van der Waals surface area contributed by atoms with E-state index in [0.717, 1.165) is 0 Å². The first kappa shape index (κ1) is 15.7. The van der Waals surface area contributed by atoms with Gasteiger partial charge in [0.2, 0.25) is 10.0 Å². The molecule has 0 fully saturated rings. The fraction of sp³-hybridized carbons (Fsp3) is 0.500. The Hall–Kier alpha value is -1.31. The molecule has 0 aliphatic carbocycles. The second-order valence-corrected chi connectivity index (χ2v) is 5.91. The molecule has 0 bridgehead atoms. The molecule has 0 heterocycles. The number of anilines is 2. The SMILES string of the molecule is CCOCCN(C)c1ccc(N)cc1S(=O)(=O)NC. The van der Waals surface area contributed by atoms with Crippen LogP contribution < -0.4 is 15.4 Å². The van der Waals surface area contributed by atoms with Crippen LogP contribution in [0, 0.1) is 0 Å². The third-order valence-corrected chi connectivity index (χ3v) is 4.17. The van der Waals surface area contributed by atoms with Gasteiger partial charge in [-0.3, -0.25) is 0 Å². The lowest BCUT2D eigenvalue weighted by Gasteiger charge is -2.22. The molecule has 0 saturated heterocycles.